The van der Waals surface area contributed by atoms with Gasteiger partial charge in [-0.25, -0.2) is 0 Å². The maximum absolute atomic E-state index is 9.23. The molecule has 0 spiro atoms. The highest BCUT2D eigenvalue weighted by molar-refractivity contribution is 7.99. The Kier molecular flexibility index (Phi) is 9.27. The Morgan fingerprint density at radius 3 is 1.97 bits per heavy atom. The van der Waals surface area contributed by atoms with Crippen LogP contribution in [0, 0.1) is 0 Å². The molecule has 0 bridgehead atoms. The number of hydrogen-bond acceptors (Lipinski definition) is 4. The number of aryl methyl sites for hydroxylation is 3. The number of hydrogen-bond donors (Lipinski definition) is 1. The van der Waals surface area contributed by atoms with Crippen molar-refractivity contribution in [3.05, 3.63) is 120 Å². The zero-order valence-electron chi connectivity index (χ0n) is 22.6. The molecule has 4 nitrogen and oxygen atoms in total. The zero-order valence-corrected chi connectivity index (χ0v) is 23.4. The molecule has 0 aliphatic rings. The predicted octanol–water partition coefficient (Wildman–Crippen LogP) is 7.87. The predicted molar refractivity (Wildman–Crippen MR) is 158 cm³/mol. The maximum Gasteiger partial charge on any atom is 0.128 e. The first-order valence-corrected chi connectivity index (χ1v) is 13.7. The van der Waals surface area contributed by atoms with Gasteiger partial charge in [-0.2, -0.15) is 5.10 Å². The first kappa shape index (κ1) is 27.5. The topological polar surface area (TPSA) is 47.3 Å². The Balaban J connectivity index is 0.000000216. The molecule has 1 N–H and O–H groups in total. The van der Waals surface area contributed by atoms with Crippen LogP contribution in [0.3, 0.4) is 0 Å². The lowest BCUT2D eigenvalue weighted by atomic mass is 10.0. The van der Waals surface area contributed by atoms with Crippen LogP contribution in [0.15, 0.2) is 113 Å². The highest BCUT2D eigenvalue weighted by Gasteiger charge is 2.15. The van der Waals surface area contributed by atoms with Crippen molar-refractivity contribution in [2.45, 2.75) is 55.6 Å². The molecule has 0 saturated carbocycles. The summed E-state index contributed by atoms with van der Waals surface area (Å²) in [4.78, 5) is 2.57. The molecule has 0 fully saturated rings. The van der Waals surface area contributed by atoms with Gasteiger partial charge in [0.05, 0.1) is 12.3 Å². The highest BCUT2D eigenvalue weighted by atomic mass is 32.2. The minimum absolute atomic E-state index is 0.0205. The molecule has 0 unspecified atom stereocenters. The fourth-order valence-corrected chi connectivity index (χ4v) is 5.02. The lowest BCUT2D eigenvalue weighted by Crippen LogP contribution is -2.23. The Labute approximate surface area is 230 Å². The van der Waals surface area contributed by atoms with Gasteiger partial charge < -0.3 is 9.84 Å². The van der Waals surface area contributed by atoms with Crippen LogP contribution in [0.5, 0.6) is 5.75 Å². The molecule has 4 aromatic carbocycles. The Hall–Kier alpha value is -3.54. The molecule has 0 atom stereocenters. The third kappa shape index (κ3) is 7.98. The van der Waals surface area contributed by atoms with Crippen molar-refractivity contribution < 1.29 is 9.84 Å². The average molecular weight is 525 g/mol. The second kappa shape index (κ2) is 12.8. The number of rotatable bonds is 7. The van der Waals surface area contributed by atoms with Gasteiger partial charge in [-0.05, 0) is 81.0 Å². The van der Waals surface area contributed by atoms with Crippen LogP contribution in [0.25, 0.3) is 10.8 Å². The summed E-state index contributed by atoms with van der Waals surface area (Å²) in [6.07, 6.45) is 1.77. The van der Waals surface area contributed by atoms with Crippen molar-refractivity contribution >= 4 is 22.5 Å². The molecule has 0 aliphatic heterocycles. The molecule has 0 amide bonds. The summed E-state index contributed by atoms with van der Waals surface area (Å²) in [6, 6.07) is 35.5. The number of aliphatic hydroxyl groups excluding tert-OH is 1. The third-order valence-corrected chi connectivity index (χ3v) is 6.90. The highest BCUT2D eigenvalue weighted by Crippen LogP contribution is 2.31. The van der Waals surface area contributed by atoms with Crippen LogP contribution >= 0.6 is 11.8 Å². The molecular weight excluding hydrogens is 488 g/mol. The Morgan fingerprint density at radius 1 is 0.789 bits per heavy atom. The van der Waals surface area contributed by atoms with Crippen LogP contribution in [0.2, 0.25) is 0 Å². The number of fused-ring (bicyclic) bond motifs is 1. The molecule has 1 aromatic heterocycles. The molecular formula is C33H36N2O2S. The first-order chi connectivity index (χ1) is 18.3. The molecule has 196 valence electrons. The fraction of sp³-hybridized carbons (Fsp3) is 0.242. The Bertz CT molecular complexity index is 1400. The van der Waals surface area contributed by atoms with Crippen molar-refractivity contribution in [1.29, 1.82) is 0 Å². The van der Waals surface area contributed by atoms with Crippen LogP contribution < -0.4 is 4.74 Å². The summed E-state index contributed by atoms with van der Waals surface area (Å²) >= 11 is 1.79. The van der Waals surface area contributed by atoms with Gasteiger partial charge in [-0.15, -0.1) is 0 Å². The van der Waals surface area contributed by atoms with Gasteiger partial charge in [0.1, 0.15) is 11.4 Å². The summed E-state index contributed by atoms with van der Waals surface area (Å²) in [6.45, 7) is 6.19. The smallest absolute Gasteiger partial charge is 0.128 e. The zero-order chi connectivity index (χ0) is 27.0. The van der Waals surface area contributed by atoms with Gasteiger partial charge >= 0.3 is 0 Å². The number of benzene rings is 4. The van der Waals surface area contributed by atoms with Gasteiger partial charge in [-0.1, -0.05) is 78.5 Å². The summed E-state index contributed by atoms with van der Waals surface area (Å²) in [7, 11) is 1.92. The van der Waals surface area contributed by atoms with E-state index >= 15 is 0 Å². The van der Waals surface area contributed by atoms with E-state index in [2.05, 4.69) is 105 Å². The van der Waals surface area contributed by atoms with Gasteiger partial charge in [0, 0.05) is 27.9 Å². The molecule has 38 heavy (non-hydrogen) atoms. The van der Waals surface area contributed by atoms with E-state index in [1.807, 2.05) is 36.0 Å². The van der Waals surface area contributed by atoms with Gasteiger partial charge in [0.2, 0.25) is 0 Å². The van der Waals surface area contributed by atoms with Crippen molar-refractivity contribution in [2.24, 2.45) is 7.05 Å². The van der Waals surface area contributed by atoms with Crippen LogP contribution in [0.1, 0.15) is 37.7 Å². The minimum Gasteiger partial charge on any atom is -0.488 e. The normalized spacial score (nSPS) is 11.2. The number of aromatic nitrogens is 2. The Morgan fingerprint density at radius 2 is 1.39 bits per heavy atom. The molecule has 5 rings (SSSR count). The molecule has 0 saturated heterocycles. The quantitative estimate of drug-likeness (QED) is 0.235. The largest absolute Gasteiger partial charge is 0.488 e. The fourth-order valence-electron chi connectivity index (χ4n) is 4.16. The van der Waals surface area contributed by atoms with E-state index in [1.165, 1.54) is 20.7 Å². The van der Waals surface area contributed by atoms with E-state index in [0.29, 0.717) is 5.69 Å². The average Bonchev–Trinajstić information content (AvgIpc) is 3.28. The van der Waals surface area contributed by atoms with E-state index in [-0.39, 0.29) is 12.2 Å². The lowest BCUT2D eigenvalue weighted by Gasteiger charge is -2.23. The van der Waals surface area contributed by atoms with Crippen LogP contribution in [-0.4, -0.2) is 20.5 Å². The van der Waals surface area contributed by atoms with Crippen molar-refractivity contribution in [2.75, 3.05) is 0 Å². The van der Waals surface area contributed by atoms with Crippen LogP contribution in [-0.2, 0) is 26.5 Å². The van der Waals surface area contributed by atoms with Gasteiger partial charge in [0.15, 0.2) is 0 Å². The number of ether oxygens (including phenoxy) is 1. The van der Waals surface area contributed by atoms with Crippen LogP contribution in [0.4, 0.5) is 0 Å². The second-order valence-corrected chi connectivity index (χ2v) is 11.3. The monoisotopic (exact) mass is 524 g/mol. The summed E-state index contributed by atoms with van der Waals surface area (Å²) in [5, 5.41) is 15.9. The van der Waals surface area contributed by atoms with E-state index in [4.69, 9.17) is 4.74 Å². The summed E-state index contributed by atoms with van der Waals surface area (Å²) in [5.41, 5.74) is 2.84. The van der Waals surface area contributed by atoms with Crippen molar-refractivity contribution in [3.63, 3.8) is 0 Å². The van der Waals surface area contributed by atoms with Gasteiger partial charge in [0.25, 0.3) is 0 Å². The SMILES string of the molecule is Cn1nc(CO)cc1CCc1cc(OC(C)(C)C)c2ccccc2c1.c1ccc(Sc2ccccc2)cc1. The van der Waals surface area contributed by atoms with Gasteiger partial charge in [-0.3, -0.25) is 4.68 Å². The number of nitrogens with zero attached hydrogens (tertiary/aromatic N) is 2. The minimum atomic E-state index is -0.237. The van der Waals surface area contributed by atoms with E-state index in [0.717, 1.165) is 29.7 Å². The van der Waals surface area contributed by atoms with E-state index in [9.17, 15) is 5.11 Å². The summed E-state index contributed by atoms with van der Waals surface area (Å²) < 4.78 is 8.05. The number of aliphatic hydroxyl groups is 1. The molecule has 0 radical (unpaired) electrons. The molecule has 5 heteroatoms. The lowest BCUT2D eigenvalue weighted by molar-refractivity contribution is 0.133. The van der Waals surface area contributed by atoms with E-state index < -0.39 is 0 Å². The first-order valence-electron chi connectivity index (χ1n) is 12.9. The van der Waals surface area contributed by atoms with Crippen molar-refractivity contribution in [1.82, 2.24) is 9.78 Å². The third-order valence-electron chi connectivity index (χ3n) is 5.88. The summed E-state index contributed by atoms with van der Waals surface area (Å²) in [5.74, 6) is 0.932. The van der Waals surface area contributed by atoms with E-state index in [1.54, 1.807) is 11.8 Å². The maximum atomic E-state index is 9.23. The molecule has 1 heterocycles. The molecule has 0 aliphatic carbocycles. The molecule has 5 aromatic rings. The second-order valence-electron chi connectivity index (χ2n) is 10.2. The van der Waals surface area contributed by atoms with Crippen molar-refractivity contribution in [3.8, 4) is 5.75 Å². The standard InChI is InChI=1S/C21H26N2O2.C12H10S/c1-21(2,3)25-20-12-15(11-16-7-5-6-8-19(16)20)9-10-18-13-17(14-24)22-23(18)4;1-3-7-11(8-4-1)13-12-9-5-2-6-10-12/h5-8,11-13,24H,9-10,14H2,1-4H3;1-10H.